The van der Waals surface area contributed by atoms with Crippen LogP contribution in [0.15, 0.2) is 25.3 Å². The summed E-state index contributed by atoms with van der Waals surface area (Å²) >= 11 is 0. The van der Waals surface area contributed by atoms with Gasteiger partial charge in [0.05, 0.1) is 0 Å². The van der Waals surface area contributed by atoms with Crippen molar-refractivity contribution in [3.8, 4) is 0 Å². The van der Waals surface area contributed by atoms with Crippen LogP contribution in [0.1, 0.15) is 12.8 Å². The highest BCUT2D eigenvalue weighted by Gasteiger charge is 1.86. The van der Waals surface area contributed by atoms with Crippen LogP contribution < -0.4 is 0 Å². The average molecular weight is 188 g/mol. The van der Waals surface area contributed by atoms with E-state index in [-0.39, 0.29) is 0 Å². The van der Waals surface area contributed by atoms with Crippen LogP contribution in [0.25, 0.3) is 0 Å². The van der Waals surface area contributed by atoms with Gasteiger partial charge in [0, 0.05) is 0 Å². The molecule has 2 unspecified atom stereocenters. The normalized spacial score (nSPS) is 11.6. The van der Waals surface area contributed by atoms with Crippen LogP contribution in [0.2, 0.25) is 0 Å². The van der Waals surface area contributed by atoms with E-state index in [1.807, 2.05) is 12.2 Å². The fourth-order valence-electron chi connectivity index (χ4n) is 0.673. The second-order valence-corrected chi connectivity index (χ2v) is 5.75. The first-order valence-corrected chi connectivity index (χ1v) is 6.88. The van der Waals surface area contributed by atoms with E-state index in [1.165, 1.54) is 31.1 Å². The summed E-state index contributed by atoms with van der Waals surface area (Å²) in [4.78, 5) is 0. The number of allylic oxidation sites excluding steroid dienone is 2. The maximum atomic E-state index is 3.70. The fraction of sp³-hybridized carbons (Fsp3) is 0.556. The molecule has 0 radical (unpaired) electrons. The van der Waals surface area contributed by atoms with Gasteiger partial charge in [-0.2, -0.15) is 0 Å². The first-order valence-electron chi connectivity index (χ1n) is 4.05. The van der Waals surface area contributed by atoms with Gasteiger partial charge in [0.1, 0.15) is 0 Å². The molecule has 0 rings (SSSR count). The van der Waals surface area contributed by atoms with Crippen LogP contribution in [-0.2, 0) is 0 Å². The molecule has 0 aliphatic heterocycles. The van der Waals surface area contributed by atoms with Crippen LogP contribution in [0, 0.1) is 0 Å². The van der Waals surface area contributed by atoms with Gasteiger partial charge in [-0.1, -0.05) is 12.2 Å². The van der Waals surface area contributed by atoms with Crippen molar-refractivity contribution in [2.24, 2.45) is 0 Å². The first-order chi connectivity index (χ1) is 5.41. The number of rotatable bonds is 8. The van der Waals surface area contributed by atoms with Crippen molar-refractivity contribution >= 4 is 17.2 Å². The van der Waals surface area contributed by atoms with Gasteiger partial charge in [-0.3, -0.25) is 0 Å². The van der Waals surface area contributed by atoms with Crippen LogP contribution in [0.4, 0.5) is 0 Å². The Morgan fingerprint density at radius 1 is 0.909 bits per heavy atom. The lowest BCUT2D eigenvalue weighted by atomic mass is 10.5. The minimum absolute atomic E-state index is 1.16. The molecule has 0 fully saturated rings. The van der Waals surface area contributed by atoms with E-state index in [0.29, 0.717) is 0 Å². The Labute approximate surface area is 74.1 Å². The van der Waals surface area contributed by atoms with Crippen LogP contribution in [0.3, 0.4) is 0 Å². The largest absolute Gasteiger partial charge is 0.118 e. The van der Waals surface area contributed by atoms with Crippen molar-refractivity contribution in [2.45, 2.75) is 12.8 Å². The maximum absolute atomic E-state index is 3.70. The zero-order chi connectivity index (χ0) is 8.36. The summed E-state index contributed by atoms with van der Waals surface area (Å²) in [7, 11) is 2.31. The second kappa shape index (κ2) is 10.3. The third-order valence-corrected chi connectivity index (χ3v) is 4.58. The molecule has 0 aliphatic rings. The van der Waals surface area contributed by atoms with Gasteiger partial charge in [0.25, 0.3) is 0 Å². The molecule has 11 heavy (non-hydrogen) atoms. The predicted molar refractivity (Wildman–Crippen MR) is 60.9 cm³/mol. The summed E-state index contributed by atoms with van der Waals surface area (Å²) in [6.45, 7) is 7.40. The molecular formula is C9H18P2. The lowest BCUT2D eigenvalue weighted by Crippen LogP contribution is -1.75. The third kappa shape index (κ3) is 10.3. The van der Waals surface area contributed by atoms with E-state index in [2.05, 4.69) is 13.2 Å². The van der Waals surface area contributed by atoms with E-state index in [1.54, 1.807) is 0 Å². The standard InChI is InChI=1S/C9H18P2/c1-3-5-7-10-9-11-8-6-4-2/h3-4,10-11H,1-2,5-9H2. The number of hydrogen-bond donors (Lipinski definition) is 0. The molecule has 0 nitrogen and oxygen atoms in total. The van der Waals surface area contributed by atoms with Crippen molar-refractivity contribution in [1.29, 1.82) is 0 Å². The highest BCUT2D eigenvalue weighted by molar-refractivity contribution is 7.56. The van der Waals surface area contributed by atoms with Crippen molar-refractivity contribution in [2.75, 3.05) is 18.2 Å². The summed E-state index contributed by atoms with van der Waals surface area (Å²) < 4.78 is 0. The van der Waals surface area contributed by atoms with Crippen molar-refractivity contribution in [3.05, 3.63) is 25.3 Å². The van der Waals surface area contributed by atoms with Gasteiger partial charge < -0.3 is 0 Å². The topological polar surface area (TPSA) is 0 Å². The van der Waals surface area contributed by atoms with Gasteiger partial charge in [-0.15, -0.1) is 30.3 Å². The molecule has 0 N–H and O–H groups in total. The maximum Gasteiger partial charge on any atom is -0.0175 e. The molecular weight excluding hydrogens is 170 g/mol. The zero-order valence-electron chi connectivity index (χ0n) is 7.10. The average Bonchev–Trinajstić information content (AvgIpc) is 2.03. The predicted octanol–water partition coefficient (Wildman–Crippen LogP) is 3.45. The molecule has 0 aromatic carbocycles. The van der Waals surface area contributed by atoms with E-state index >= 15 is 0 Å². The molecule has 0 aromatic heterocycles. The molecule has 0 bridgehead atoms. The molecule has 0 aromatic rings. The Morgan fingerprint density at radius 3 is 1.73 bits per heavy atom. The molecule has 0 amide bonds. The highest BCUT2D eigenvalue weighted by atomic mass is 31.1. The smallest absolute Gasteiger partial charge is 0.0175 e. The third-order valence-electron chi connectivity index (χ3n) is 1.30. The van der Waals surface area contributed by atoms with Crippen molar-refractivity contribution < 1.29 is 0 Å². The van der Waals surface area contributed by atoms with E-state index in [4.69, 9.17) is 0 Å². The Balaban J connectivity index is 2.79. The van der Waals surface area contributed by atoms with Gasteiger partial charge in [0.15, 0.2) is 0 Å². The quantitative estimate of drug-likeness (QED) is 0.311. The first kappa shape index (κ1) is 11.3. The van der Waals surface area contributed by atoms with E-state index < -0.39 is 0 Å². The van der Waals surface area contributed by atoms with E-state index in [9.17, 15) is 0 Å². The fourth-order valence-corrected chi connectivity index (χ4v) is 3.61. The van der Waals surface area contributed by atoms with Crippen LogP contribution in [0.5, 0.6) is 0 Å². The molecule has 0 saturated carbocycles. The molecule has 2 heteroatoms. The van der Waals surface area contributed by atoms with Crippen LogP contribution >= 0.6 is 17.2 Å². The molecule has 0 heterocycles. The molecule has 2 atom stereocenters. The van der Waals surface area contributed by atoms with Gasteiger partial charge in [0.2, 0.25) is 0 Å². The Hall–Kier alpha value is 0.340. The molecule has 0 saturated heterocycles. The molecule has 0 aliphatic carbocycles. The Morgan fingerprint density at radius 2 is 1.36 bits per heavy atom. The zero-order valence-corrected chi connectivity index (χ0v) is 9.10. The van der Waals surface area contributed by atoms with Crippen molar-refractivity contribution in [1.82, 2.24) is 0 Å². The van der Waals surface area contributed by atoms with Crippen LogP contribution in [-0.4, -0.2) is 18.2 Å². The Bertz CT molecular complexity index is 87.7. The van der Waals surface area contributed by atoms with Crippen molar-refractivity contribution in [3.63, 3.8) is 0 Å². The summed E-state index contributed by atoms with van der Waals surface area (Å²) in [5, 5.41) is 0. The summed E-state index contributed by atoms with van der Waals surface area (Å²) in [6.07, 6.45) is 9.13. The van der Waals surface area contributed by atoms with Gasteiger partial charge in [-0.25, -0.2) is 0 Å². The number of hydrogen-bond acceptors (Lipinski definition) is 0. The monoisotopic (exact) mass is 188 g/mol. The minimum Gasteiger partial charge on any atom is -0.118 e. The summed E-state index contributed by atoms with van der Waals surface area (Å²) in [5.41, 5.74) is 0. The minimum atomic E-state index is 1.16. The SMILES string of the molecule is C=CCCPCPCCC=C. The molecule has 64 valence electrons. The lowest BCUT2D eigenvalue weighted by Gasteiger charge is -1.98. The molecule has 0 spiro atoms. The summed E-state index contributed by atoms with van der Waals surface area (Å²) in [6, 6.07) is 0. The summed E-state index contributed by atoms with van der Waals surface area (Å²) in [5.74, 6) is 1.43. The lowest BCUT2D eigenvalue weighted by molar-refractivity contribution is 1.24. The van der Waals surface area contributed by atoms with E-state index in [0.717, 1.165) is 17.2 Å². The second-order valence-electron chi connectivity index (χ2n) is 2.33. The van der Waals surface area contributed by atoms with Gasteiger partial charge >= 0.3 is 0 Å². The highest BCUT2D eigenvalue weighted by Crippen LogP contribution is 2.24. The van der Waals surface area contributed by atoms with Gasteiger partial charge in [-0.05, 0) is 31.1 Å². The Kier molecular flexibility index (Phi) is 10.7.